The van der Waals surface area contributed by atoms with E-state index in [9.17, 15) is 0 Å². The lowest BCUT2D eigenvalue weighted by Gasteiger charge is -2.33. The maximum absolute atomic E-state index is 6.08. The van der Waals surface area contributed by atoms with Crippen LogP contribution >= 0.6 is 0 Å². The molecule has 3 nitrogen and oxygen atoms in total. The fourth-order valence-electron chi connectivity index (χ4n) is 3.47. The van der Waals surface area contributed by atoms with E-state index in [1.165, 1.54) is 0 Å². The van der Waals surface area contributed by atoms with Gasteiger partial charge in [-0.15, -0.1) is 0 Å². The minimum absolute atomic E-state index is 0.481. The second kappa shape index (κ2) is 4.96. The van der Waals surface area contributed by atoms with E-state index in [0.29, 0.717) is 12.5 Å². The van der Waals surface area contributed by atoms with E-state index >= 15 is 0 Å². The summed E-state index contributed by atoms with van der Waals surface area (Å²) in [6, 6.07) is 26.2. The maximum atomic E-state index is 6.08. The topological polar surface area (TPSA) is 30.8 Å². The van der Waals surface area contributed by atoms with Crippen LogP contribution < -0.4 is 4.74 Å². The third kappa shape index (κ3) is 1.81. The standard InChI is InChI=1S/C21H15NO2/c1-2-8-15(9-3-1)20-22-21(14-23-20)16-10-4-6-12-18(16)24-19-13-7-5-11-17(19)21/h1-13H,14H2. The van der Waals surface area contributed by atoms with Gasteiger partial charge in [0.25, 0.3) is 0 Å². The summed E-state index contributed by atoms with van der Waals surface area (Å²) in [5.74, 6) is 2.37. The van der Waals surface area contributed by atoms with E-state index in [-0.39, 0.29) is 0 Å². The van der Waals surface area contributed by atoms with E-state index in [1.54, 1.807) is 0 Å². The van der Waals surface area contributed by atoms with Crippen LogP contribution in [0.25, 0.3) is 0 Å². The molecule has 0 atom stereocenters. The Balaban J connectivity index is 1.75. The van der Waals surface area contributed by atoms with Crippen molar-refractivity contribution in [3.63, 3.8) is 0 Å². The van der Waals surface area contributed by atoms with Gasteiger partial charge in [-0.3, -0.25) is 0 Å². The highest BCUT2D eigenvalue weighted by atomic mass is 16.5. The molecular weight excluding hydrogens is 298 g/mol. The number of aliphatic imine (C=N–C) groups is 1. The van der Waals surface area contributed by atoms with Gasteiger partial charge >= 0.3 is 0 Å². The molecule has 0 aromatic heterocycles. The van der Waals surface area contributed by atoms with Crippen molar-refractivity contribution in [2.24, 2.45) is 4.99 Å². The molecule has 3 heteroatoms. The van der Waals surface area contributed by atoms with Crippen LogP contribution in [-0.2, 0) is 10.3 Å². The summed E-state index contributed by atoms with van der Waals surface area (Å²) in [4.78, 5) is 5.05. The highest BCUT2D eigenvalue weighted by Gasteiger charge is 2.46. The van der Waals surface area contributed by atoms with Crippen LogP contribution in [0.2, 0.25) is 0 Å². The Labute approximate surface area is 140 Å². The SMILES string of the molecule is c1ccc(C2=NC3(CO2)c2ccccc2Oc2ccccc23)cc1. The third-order valence-corrected chi connectivity index (χ3v) is 4.62. The molecule has 24 heavy (non-hydrogen) atoms. The Bertz CT molecular complexity index is 901. The van der Waals surface area contributed by atoms with Gasteiger partial charge in [0.1, 0.15) is 18.1 Å². The minimum Gasteiger partial charge on any atom is -0.474 e. The average molecular weight is 313 g/mol. The summed E-state index contributed by atoms with van der Waals surface area (Å²) in [5.41, 5.74) is 2.55. The Morgan fingerprint density at radius 1 is 0.708 bits per heavy atom. The Morgan fingerprint density at radius 2 is 1.29 bits per heavy atom. The Hall–Kier alpha value is -3.07. The first-order valence-electron chi connectivity index (χ1n) is 8.02. The van der Waals surface area contributed by atoms with Crippen LogP contribution in [-0.4, -0.2) is 12.5 Å². The Morgan fingerprint density at radius 3 is 1.96 bits per heavy atom. The van der Waals surface area contributed by atoms with Crippen LogP contribution in [0.15, 0.2) is 83.9 Å². The fourth-order valence-corrected chi connectivity index (χ4v) is 3.47. The van der Waals surface area contributed by atoms with E-state index in [1.807, 2.05) is 66.7 Å². The molecule has 0 aliphatic carbocycles. The van der Waals surface area contributed by atoms with Crippen molar-refractivity contribution in [2.75, 3.05) is 6.61 Å². The molecule has 116 valence electrons. The first-order chi connectivity index (χ1) is 11.9. The summed E-state index contributed by atoms with van der Waals surface area (Å²) in [5, 5.41) is 0. The van der Waals surface area contributed by atoms with Crippen molar-refractivity contribution in [1.29, 1.82) is 0 Å². The van der Waals surface area contributed by atoms with Crippen LogP contribution in [0.5, 0.6) is 11.5 Å². The third-order valence-electron chi connectivity index (χ3n) is 4.62. The first kappa shape index (κ1) is 13.4. The van der Waals surface area contributed by atoms with Gasteiger partial charge in [0.15, 0.2) is 5.54 Å². The van der Waals surface area contributed by atoms with Gasteiger partial charge in [-0.1, -0.05) is 54.6 Å². The molecule has 0 bridgehead atoms. The van der Waals surface area contributed by atoms with Crippen LogP contribution in [0.1, 0.15) is 16.7 Å². The van der Waals surface area contributed by atoms with Gasteiger partial charge < -0.3 is 9.47 Å². The van der Waals surface area contributed by atoms with E-state index < -0.39 is 5.54 Å². The zero-order chi connectivity index (χ0) is 16.0. The monoisotopic (exact) mass is 313 g/mol. The summed E-state index contributed by atoms with van der Waals surface area (Å²) in [7, 11) is 0. The summed E-state index contributed by atoms with van der Waals surface area (Å²) in [6.07, 6.45) is 0. The van der Waals surface area contributed by atoms with Crippen molar-refractivity contribution in [3.05, 3.63) is 95.6 Å². The number of hydrogen-bond acceptors (Lipinski definition) is 3. The van der Waals surface area contributed by atoms with E-state index in [4.69, 9.17) is 14.5 Å². The molecule has 3 aromatic carbocycles. The van der Waals surface area contributed by atoms with Gasteiger partial charge in [0.2, 0.25) is 5.90 Å². The molecule has 0 fully saturated rings. The van der Waals surface area contributed by atoms with Crippen LogP contribution in [0, 0.1) is 0 Å². The average Bonchev–Trinajstić information content (AvgIpc) is 3.09. The number of hydrogen-bond donors (Lipinski definition) is 0. The lowest BCUT2D eigenvalue weighted by atomic mass is 9.81. The van der Waals surface area contributed by atoms with Gasteiger partial charge in [0.05, 0.1) is 0 Å². The molecule has 3 aromatic rings. The molecule has 2 aliphatic rings. The molecule has 0 saturated heterocycles. The predicted molar refractivity (Wildman–Crippen MR) is 92.7 cm³/mol. The number of rotatable bonds is 1. The molecule has 2 heterocycles. The van der Waals surface area contributed by atoms with E-state index in [2.05, 4.69) is 12.1 Å². The van der Waals surface area contributed by atoms with Crippen molar-refractivity contribution in [2.45, 2.75) is 5.54 Å². The molecule has 0 N–H and O–H groups in total. The first-order valence-corrected chi connectivity index (χ1v) is 8.02. The molecule has 1 spiro atoms. The van der Waals surface area contributed by atoms with E-state index in [0.717, 1.165) is 28.2 Å². The number of para-hydroxylation sites is 2. The largest absolute Gasteiger partial charge is 0.474 e. The van der Waals surface area contributed by atoms with Crippen LogP contribution in [0.4, 0.5) is 0 Å². The minimum atomic E-state index is -0.545. The highest BCUT2D eigenvalue weighted by Crippen LogP contribution is 2.50. The number of ether oxygens (including phenoxy) is 2. The molecule has 0 radical (unpaired) electrons. The van der Waals surface area contributed by atoms with Crippen molar-refractivity contribution < 1.29 is 9.47 Å². The molecule has 2 aliphatic heterocycles. The normalized spacial score (nSPS) is 16.6. The zero-order valence-electron chi connectivity index (χ0n) is 13.0. The van der Waals surface area contributed by atoms with Crippen molar-refractivity contribution in [1.82, 2.24) is 0 Å². The van der Waals surface area contributed by atoms with Gasteiger partial charge in [-0.25, -0.2) is 4.99 Å². The predicted octanol–water partition coefficient (Wildman–Crippen LogP) is 4.51. The van der Waals surface area contributed by atoms with Crippen molar-refractivity contribution >= 4 is 5.90 Å². The summed E-state index contributed by atoms with van der Waals surface area (Å²) < 4.78 is 12.1. The quantitative estimate of drug-likeness (QED) is 0.661. The van der Waals surface area contributed by atoms with Gasteiger partial charge in [-0.05, 0) is 24.3 Å². The smallest absolute Gasteiger partial charge is 0.217 e. The number of nitrogens with zero attached hydrogens (tertiary/aromatic N) is 1. The molecular formula is C21H15NO2. The molecule has 0 amide bonds. The fraction of sp³-hybridized carbons (Fsp3) is 0.0952. The molecule has 5 rings (SSSR count). The lowest BCUT2D eigenvalue weighted by molar-refractivity contribution is 0.267. The summed E-state index contributed by atoms with van der Waals surface area (Å²) >= 11 is 0. The van der Waals surface area contributed by atoms with Crippen LogP contribution in [0.3, 0.4) is 0 Å². The second-order valence-corrected chi connectivity index (χ2v) is 6.03. The molecule has 0 saturated carbocycles. The number of benzene rings is 3. The van der Waals surface area contributed by atoms with Gasteiger partial charge in [-0.2, -0.15) is 0 Å². The Kier molecular flexibility index (Phi) is 2.77. The maximum Gasteiger partial charge on any atom is 0.217 e. The van der Waals surface area contributed by atoms with Crippen molar-refractivity contribution in [3.8, 4) is 11.5 Å². The van der Waals surface area contributed by atoms with Gasteiger partial charge in [0, 0.05) is 16.7 Å². The lowest BCUT2D eigenvalue weighted by Crippen LogP contribution is -2.30. The molecule has 0 unspecified atom stereocenters. The summed E-state index contributed by atoms with van der Waals surface area (Å²) in [6.45, 7) is 0.481. The second-order valence-electron chi connectivity index (χ2n) is 6.03. The highest BCUT2D eigenvalue weighted by molar-refractivity contribution is 5.96. The number of fused-ring (bicyclic) bond motifs is 4. The zero-order valence-corrected chi connectivity index (χ0v) is 13.0.